The average molecular weight is 535 g/mol. The SMILES string of the molecule is CCCS(=O)(=O)C(Oc1ccc2c(c1)C(Cc1cccc(Cl)c1)C(NC(=O)OCC)CC2)C1CNC1. The standard InChI is InChI=1S/C27H35ClN2O5S/c1-3-12-36(32,33)26(20-16-29-17-20)35-22-10-8-19-9-11-25(30-27(31)34-4-2)24(23(19)15-22)14-18-6-5-7-21(28)13-18/h5-8,10,13,15,20,24-26,29H,3-4,9,11-12,14,16-17H2,1-2H3,(H,30,31). The minimum absolute atomic E-state index is 0.0451. The van der Waals surface area contributed by atoms with Gasteiger partial charge in [0.2, 0.25) is 5.44 Å². The molecule has 2 aromatic carbocycles. The number of nitrogens with one attached hydrogen (secondary N) is 2. The van der Waals surface area contributed by atoms with Crippen molar-refractivity contribution in [2.45, 2.75) is 56.9 Å². The Bertz CT molecular complexity index is 1170. The molecule has 1 aliphatic carbocycles. The van der Waals surface area contributed by atoms with E-state index in [0.29, 0.717) is 43.3 Å². The zero-order chi connectivity index (χ0) is 25.7. The molecule has 3 atom stereocenters. The number of amides is 1. The number of hydrogen-bond acceptors (Lipinski definition) is 6. The van der Waals surface area contributed by atoms with Gasteiger partial charge in [-0.2, -0.15) is 0 Å². The molecule has 0 bridgehead atoms. The highest BCUT2D eigenvalue weighted by molar-refractivity contribution is 7.91. The summed E-state index contributed by atoms with van der Waals surface area (Å²) in [6.07, 6.45) is 2.35. The van der Waals surface area contributed by atoms with Gasteiger partial charge in [0.1, 0.15) is 5.75 Å². The molecule has 1 saturated heterocycles. The van der Waals surface area contributed by atoms with Gasteiger partial charge in [0.05, 0.1) is 12.4 Å². The molecular weight excluding hydrogens is 500 g/mol. The Morgan fingerprint density at radius 3 is 2.67 bits per heavy atom. The van der Waals surface area contributed by atoms with Crippen LogP contribution < -0.4 is 15.4 Å². The van der Waals surface area contributed by atoms with Crippen molar-refractivity contribution in [3.05, 3.63) is 64.2 Å². The first-order valence-corrected chi connectivity index (χ1v) is 14.8. The van der Waals surface area contributed by atoms with Crippen LogP contribution in [-0.2, 0) is 27.4 Å². The summed E-state index contributed by atoms with van der Waals surface area (Å²) in [6, 6.07) is 13.4. The van der Waals surface area contributed by atoms with Crippen LogP contribution >= 0.6 is 11.6 Å². The van der Waals surface area contributed by atoms with Crippen LogP contribution in [0.5, 0.6) is 5.75 Å². The third-order valence-corrected chi connectivity index (χ3v) is 9.34. The summed E-state index contributed by atoms with van der Waals surface area (Å²) in [4.78, 5) is 12.3. The van der Waals surface area contributed by atoms with E-state index in [-0.39, 0.29) is 23.6 Å². The molecule has 1 heterocycles. The van der Waals surface area contributed by atoms with Crippen molar-refractivity contribution in [2.75, 3.05) is 25.4 Å². The van der Waals surface area contributed by atoms with Crippen molar-refractivity contribution in [1.82, 2.24) is 10.6 Å². The number of sulfone groups is 1. The predicted molar refractivity (Wildman–Crippen MR) is 141 cm³/mol. The summed E-state index contributed by atoms with van der Waals surface area (Å²) in [6.45, 7) is 5.20. The molecule has 4 rings (SSSR count). The zero-order valence-electron chi connectivity index (χ0n) is 20.8. The molecule has 7 nitrogen and oxygen atoms in total. The quantitative estimate of drug-likeness (QED) is 0.467. The number of hydrogen-bond donors (Lipinski definition) is 2. The maximum absolute atomic E-state index is 13.0. The molecule has 0 spiro atoms. The normalized spacial score (nSPS) is 20.6. The maximum Gasteiger partial charge on any atom is 0.407 e. The fourth-order valence-electron chi connectivity index (χ4n) is 5.12. The molecule has 1 fully saturated rings. The van der Waals surface area contributed by atoms with E-state index in [1.807, 2.05) is 49.4 Å². The highest BCUT2D eigenvalue weighted by Crippen LogP contribution is 2.38. The Morgan fingerprint density at radius 2 is 2.00 bits per heavy atom. The minimum Gasteiger partial charge on any atom is -0.474 e. The Balaban J connectivity index is 1.65. The van der Waals surface area contributed by atoms with Crippen LogP contribution in [0.2, 0.25) is 5.02 Å². The number of alkyl carbamates (subject to hydrolysis) is 1. The van der Waals surface area contributed by atoms with Crippen LogP contribution in [0.3, 0.4) is 0 Å². The van der Waals surface area contributed by atoms with Crippen LogP contribution in [0.15, 0.2) is 42.5 Å². The van der Waals surface area contributed by atoms with E-state index in [4.69, 9.17) is 21.1 Å². The van der Waals surface area contributed by atoms with Crippen LogP contribution in [-0.4, -0.2) is 51.4 Å². The first-order valence-electron chi connectivity index (χ1n) is 12.7. The second-order valence-electron chi connectivity index (χ2n) is 9.58. The second kappa shape index (κ2) is 11.8. The van der Waals surface area contributed by atoms with Gasteiger partial charge in [0.15, 0.2) is 9.84 Å². The lowest BCUT2D eigenvalue weighted by Crippen LogP contribution is -2.53. The topological polar surface area (TPSA) is 93.7 Å². The minimum atomic E-state index is -3.40. The first-order chi connectivity index (χ1) is 17.3. The van der Waals surface area contributed by atoms with Gasteiger partial charge >= 0.3 is 6.09 Å². The average Bonchev–Trinajstić information content (AvgIpc) is 2.79. The Hall–Kier alpha value is -2.29. The third-order valence-electron chi connectivity index (χ3n) is 6.94. The van der Waals surface area contributed by atoms with E-state index in [9.17, 15) is 13.2 Å². The van der Waals surface area contributed by atoms with Crippen LogP contribution in [0.4, 0.5) is 4.79 Å². The number of halogens is 1. The van der Waals surface area contributed by atoms with E-state index in [2.05, 4.69) is 10.6 Å². The van der Waals surface area contributed by atoms with E-state index < -0.39 is 21.4 Å². The van der Waals surface area contributed by atoms with Crippen molar-refractivity contribution in [3.8, 4) is 5.75 Å². The number of fused-ring (bicyclic) bond motifs is 1. The fourth-order valence-corrected chi connectivity index (χ4v) is 7.17. The van der Waals surface area contributed by atoms with Gasteiger partial charge in [-0.15, -0.1) is 0 Å². The summed E-state index contributed by atoms with van der Waals surface area (Å²) >= 11 is 6.25. The molecule has 0 saturated carbocycles. The van der Waals surface area contributed by atoms with Gasteiger partial charge in [0, 0.05) is 36.0 Å². The van der Waals surface area contributed by atoms with Crippen LogP contribution in [0.25, 0.3) is 0 Å². The number of benzene rings is 2. The van der Waals surface area contributed by atoms with E-state index in [0.717, 1.165) is 24.0 Å². The van der Waals surface area contributed by atoms with E-state index in [1.165, 1.54) is 5.56 Å². The highest BCUT2D eigenvalue weighted by Gasteiger charge is 2.39. The Labute approximate surface area is 218 Å². The van der Waals surface area contributed by atoms with Gasteiger partial charge in [-0.1, -0.05) is 36.7 Å². The summed E-state index contributed by atoms with van der Waals surface area (Å²) < 4.78 is 37.4. The Morgan fingerprint density at radius 1 is 1.19 bits per heavy atom. The maximum atomic E-state index is 13.0. The molecule has 0 aromatic heterocycles. The lowest BCUT2D eigenvalue weighted by molar-refractivity contribution is 0.144. The number of rotatable bonds is 10. The van der Waals surface area contributed by atoms with Gasteiger partial charge < -0.3 is 20.1 Å². The molecule has 2 N–H and O–H groups in total. The van der Waals surface area contributed by atoms with Gasteiger partial charge in [-0.05, 0) is 73.6 Å². The first kappa shape index (κ1) is 26.8. The molecule has 2 aromatic rings. The molecule has 196 valence electrons. The van der Waals surface area contributed by atoms with Crippen molar-refractivity contribution < 1.29 is 22.7 Å². The summed E-state index contributed by atoms with van der Waals surface area (Å²) in [5, 5.41) is 6.86. The molecular formula is C27H35ClN2O5S. The smallest absolute Gasteiger partial charge is 0.407 e. The molecule has 3 unspecified atom stereocenters. The second-order valence-corrected chi connectivity index (χ2v) is 12.2. The zero-order valence-corrected chi connectivity index (χ0v) is 22.4. The number of carbonyl (C=O) groups is 1. The number of aryl methyl sites for hydroxylation is 1. The summed E-state index contributed by atoms with van der Waals surface area (Å²) in [5.74, 6) is 0.523. The predicted octanol–water partition coefficient (Wildman–Crippen LogP) is 4.48. The van der Waals surface area contributed by atoms with E-state index in [1.54, 1.807) is 6.92 Å². The number of carbonyl (C=O) groups excluding carboxylic acids is 1. The van der Waals surface area contributed by atoms with Gasteiger partial charge in [0.25, 0.3) is 0 Å². The van der Waals surface area contributed by atoms with Crippen molar-refractivity contribution in [3.63, 3.8) is 0 Å². The lowest BCUT2D eigenvalue weighted by atomic mass is 9.76. The molecule has 1 amide bonds. The molecule has 0 radical (unpaired) electrons. The van der Waals surface area contributed by atoms with Gasteiger partial charge in [-0.25, -0.2) is 13.2 Å². The fraction of sp³-hybridized carbons (Fsp3) is 0.519. The largest absolute Gasteiger partial charge is 0.474 e. The summed E-state index contributed by atoms with van der Waals surface area (Å²) in [7, 11) is -3.40. The molecule has 2 aliphatic rings. The molecule has 9 heteroatoms. The van der Waals surface area contributed by atoms with Crippen LogP contribution in [0.1, 0.15) is 49.3 Å². The van der Waals surface area contributed by atoms with Crippen LogP contribution in [0, 0.1) is 5.92 Å². The van der Waals surface area contributed by atoms with Crippen molar-refractivity contribution in [1.29, 1.82) is 0 Å². The highest BCUT2D eigenvalue weighted by atomic mass is 35.5. The molecule has 1 aliphatic heterocycles. The Kier molecular flexibility index (Phi) is 8.80. The van der Waals surface area contributed by atoms with Crippen molar-refractivity contribution in [2.24, 2.45) is 5.92 Å². The summed E-state index contributed by atoms with van der Waals surface area (Å²) in [5.41, 5.74) is 2.42. The van der Waals surface area contributed by atoms with Crippen molar-refractivity contribution >= 4 is 27.5 Å². The lowest BCUT2D eigenvalue weighted by Gasteiger charge is -2.36. The monoisotopic (exact) mass is 534 g/mol. The van der Waals surface area contributed by atoms with E-state index >= 15 is 0 Å². The third kappa shape index (κ3) is 6.33. The molecule has 36 heavy (non-hydrogen) atoms. The van der Waals surface area contributed by atoms with Gasteiger partial charge in [-0.3, -0.25) is 0 Å². The number of ether oxygens (including phenoxy) is 2.